The number of para-hydroxylation sites is 1. The molecule has 1 aliphatic rings. The molecule has 4 rings (SSSR count). The van der Waals surface area contributed by atoms with Crippen molar-refractivity contribution in [2.45, 2.75) is 18.9 Å². The van der Waals surface area contributed by atoms with Gasteiger partial charge in [-0.1, -0.05) is 18.2 Å². The van der Waals surface area contributed by atoms with Crippen molar-refractivity contribution in [1.29, 1.82) is 0 Å². The number of rotatable bonds is 3. The summed E-state index contributed by atoms with van der Waals surface area (Å²) >= 11 is 0. The summed E-state index contributed by atoms with van der Waals surface area (Å²) in [5.74, 6) is 0.465. The van der Waals surface area contributed by atoms with E-state index < -0.39 is 0 Å². The molecule has 1 aliphatic heterocycles. The van der Waals surface area contributed by atoms with Gasteiger partial charge in [-0.05, 0) is 25.0 Å². The molecule has 5 heteroatoms. The Morgan fingerprint density at radius 3 is 2.87 bits per heavy atom. The molecule has 0 aliphatic carbocycles. The molecule has 0 saturated carbocycles. The smallest absolute Gasteiger partial charge is 0.253 e. The minimum absolute atomic E-state index is 0.142. The molecule has 0 radical (unpaired) electrons. The molecular formula is C18H17NO4. The van der Waals surface area contributed by atoms with Crippen LogP contribution in [0.3, 0.4) is 0 Å². The van der Waals surface area contributed by atoms with Gasteiger partial charge >= 0.3 is 0 Å². The fraction of sp³-hybridized carbons (Fsp3) is 0.278. The fourth-order valence-corrected chi connectivity index (χ4v) is 3.02. The largest absolute Gasteiger partial charge is 0.495 e. The van der Waals surface area contributed by atoms with E-state index in [4.69, 9.17) is 13.9 Å². The molecule has 2 aromatic carbocycles. The third-order valence-electron chi connectivity index (χ3n) is 4.18. The van der Waals surface area contributed by atoms with E-state index in [0.29, 0.717) is 18.0 Å². The van der Waals surface area contributed by atoms with Crippen molar-refractivity contribution in [2.75, 3.05) is 19.0 Å². The Balaban J connectivity index is 1.76. The summed E-state index contributed by atoms with van der Waals surface area (Å²) < 4.78 is 16.7. The Bertz CT molecular complexity index is 877. The van der Waals surface area contributed by atoms with Gasteiger partial charge in [-0.2, -0.15) is 0 Å². The molecule has 1 saturated heterocycles. The van der Waals surface area contributed by atoms with E-state index in [1.54, 1.807) is 13.2 Å². The second-order valence-electron chi connectivity index (χ2n) is 5.64. The molecule has 1 atom stereocenters. The van der Waals surface area contributed by atoms with Gasteiger partial charge in [0.1, 0.15) is 23.0 Å². The van der Waals surface area contributed by atoms with Crippen LogP contribution in [0.4, 0.5) is 5.69 Å². The highest BCUT2D eigenvalue weighted by Crippen LogP contribution is 2.36. The number of amides is 1. The average molecular weight is 311 g/mol. The zero-order valence-corrected chi connectivity index (χ0v) is 12.8. The maximum absolute atomic E-state index is 12.3. The van der Waals surface area contributed by atoms with Crippen LogP contribution < -0.4 is 10.1 Å². The first-order valence-corrected chi connectivity index (χ1v) is 7.68. The van der Waals surface area contributed by atoms with Gasteiger partial charge in [-0.25, -0.2) is 0 Å². The molecule has 23 heavy (non-hydrogen) atoms. The topological polar surface area (TPSA) is 60.7 Å². The number of anilines is 1. The summed E-state index contributed by atoms with van der Waals surface area (Å²) in [6.07, 6.45) is 1.28. The van der Waals surface area contributed by atoms with Gasteiger partial charge < -0.3 is 19.2 Å². The second-order valence-corrected chi connectivity index (χ2v) is 5.64. The molecule has 1 N–H and O–H groups in total. The van der Waals surface area contributed by atoms with Crippen molar-refractivity contribution in [3.63, 3.8) is 0 Å². The van der Waals surface area contributed by atoms with Gasteiger partial charge in [0.2, 0.25) is 0 Å². The van der Waals surface area contributed by atoms with E-state index in [2.05, 4.69) is 5.32 Å². The van der Waals surface area contributed by atoms with Crippen LogP contribution in [0.5, 0.6) is 5.75 Å². The number of nitrogens with one attached hydrogen (secondary N) is 1. The highest BCUT2D eigenvalue weighted by atomic mass is 16.5. The number of carbonyl (C=O) groups is 1. The molecule has 0 bridgehead atoms. The lowest BCUT2D eigenvalue weighted by atomic mass is 10.1. The first kappa shape index (κ1) is 14.1. The van der Waals surface area contributed by atoms with E-state index in [1.165, 1.54) is 0 Å². The van der Waals surface area contributed by atoms with Crippen LogP contribution >= 0.6 is 0 Å². The zero-order chi connectivity index (χ0) is 15.8. The van der Waals surface area contributed by atoms with Gasteiger partial charge in [0, 0.05) is 23.4 Å². The number of carbonyl (C=O) groups excluding carboxylic acids is 1. The van der Waals surface area contributed by atoms with Gasteiger partial charge in [-0.15, -0.1) is 0 Å². The SMILES string of the molecule is COc1cc2c(cc1NC(=O)[C@@H]1CCCO1)oc1ccccc12. The summed E-state index contributed by atoms with van der Waals surface area (Å²) in [5.41, 5.74) is 2.13. The van der Waals surface area contributed by atoms with Gasteiger partial charge in [-0.3, -0.25) is 4.79 Å². The third kappa shape index (κ3) is 2.43. The normalized spacial score (nSPS) is 17.7. The molecule has 1 amide bonds. The quantitative estimate of drug-likeness (QED) is 0.801. The van der Waals surface area contributed by atoms with Gasteiger partial charge in [0.25, 0.3) is 5.91 Å². The second kappa shape index (κ2) is 5.59. The molecule has 118 valence electrons. The number of methoxy groups -OCH3 is 1. The average Bonchev–Trinajstić information content (AvgIpc) is 3.21. The van der Waals surface area contributed by atoms with Crippen molar-refractivity contribution < 1.29 is 18.7 Å². The molecule has 3 aromatic rings. The summed E-state index contributed by atoms with van der Waals surface area (Å²) in [6.45, 7) is 0.637. The number of ether oxygens (including phenoxy) is 2. The van der Waals surface area contributed by atoms with Gasteiger partial charge in [0.05, 0.1) is 12.8 Å². The van der Waals surface area contributed by atoms with E-state index >= 15 is 0 Å². The number of benzene rings is 2. The van der Waals surface area contributed by atoms with Crippen LogP contribution in [-0.4, -0.2) is 25.7 Å². The van der Waals surface area contributed by atoms with Crippen molar-refractivity contribution in [3.8, 4) is 5.75 Å². The van der Waals surface area contributed by atoms with E-state index in [0.717, 1.165) is 34.8 Å². The molecule has 5 nitrogen and oxygen atoms in total. The van der Waals surface area contributed by atoms with E-state index in [9.17, 15) is 4.79 Å². The Morgan fingerprint density at radius 2 is 2.09 bits per heavy atom. The van der Waals surface area contributed by atoms with Crippen LogP contribution in [0.15, 0.2) is 40.8 Å². The molecule has 1 fully saturated rings. The fourth-order valence-electron chi connectivity index (χ4n) is 3.02. The molecule has 1 aromatic heterocycles. The predicted octanol–water partition coefficient (Wildman–Crippen LogP) is 3.71. The summed E-state index contributed by atoms with van der Waals surface area (Å²) in [7, 11) is 1.59. The number of hydrogen-bond acceptors (Lipinski definition) is 4. The standard InChI is InChI=1S/C18H17NO4/c1-21-17-9-12-11-5-2-3-6-14(11)23-16(12)10-13(17)19-18(20)15-7-4-8-22-15/h2-3,5-6,9-10,15H,4,7-8H2,1H3,(H,19,20)/t15-/m0/s1. The Kier molecular flexibility index (Phi) is 3.42. The van der Waals surface area contributed by atoms with Crippen LogP contribution in [0.1, 0.15) is 12.8 Å². The molecule has 0 spiro atoms. The van der Waals surface area contributed by atoms with Crippen molar-refractivity contribution >= 4 is 33.5 Å². The summed E-state index contributed by atoms with van der Waals surface area (Å²) in [6, 6.07) is 11.5. The maximum Gasteiger partial charge on any atom is 0.253 e. The molecular weight excluding hydrogens is 294 g/mol. The van der Waals surface area contributed by atoms with Crippen LogP contribution in [0.2, 0.25) is 0 Å². The zero-order valence-electron chi connectivity index (χ0n) is 12.8. The Hall–Kier alpha value is -2.53. The van der Waals surface area contributed by atoms with Gasteiger partial charge in [0.15, 0.2) is 0 Å². The highest BCUT2D eigenvalue weighted by molar-refractivity contribution is 6.08. The van der Waals surface area contributed by atoms with Crippen LogP contribution in [-0.2, 0) is 9.53 Å². The summed E-state index contributed by atoms with van der Waals surface area (Å²) in [4.78, 5) is 12.3. The Morgan fingerprint density at radius 1 is 1.22 bits per heavy atom. The minimum Gasteiger partial charge on any atom is -0.495 e. The molecule has 2 heterocycles. The summed E-state index contributed by atoms with van der Waals surface area (Å²) in [5, 5.41) is 4.88. The van der Waals surface area contributed by atoms with Crippen LogP contribution in [0, 0.1) is 0 Å². The van der Waals surface area contributed by atoms with Crippen LogP contribution in [0.25, 0.3) is 21.9 Å². The Labute approximate surface area is 133 Å². The number of furan rings is 1. The van der Waals surface area contributed by atoms with Crippen molar-refractivity contribution in [2.24, 2.45) is 0 Å². The van der Waals surface area contributed by atoms with Crippen molar-refractivity contribution in [1.82, 2.24) is 0 Å². The minimum atomic E-state index is -0.383. The number of hydrogen-bond donors (Lipinski definition) is 1. The van der Waals surface area contributed by atoms with E-state index in [1.807, 2.05) is 30.3 Å². The lowest BCUT2D eigenvalue weighted by molar-refractivity contribution is -0.124. The lowest BCUT2D eigenvalue weighted by Gasteiger charge is -2.13. The first-order chi connectivity index (χ1) is 11.3. The predicted molar refractivity (Wildman–Crippen MR) is 87.9 cm³/mol. The molecule has 0 unspecified atom stereocenters. The monoisotopic (exact) mass is 311 g/mol. The van der Waals surface area contributed by atoms with E-state index in [-0.39, 0.29) is 12.0 Å². The third-order valence-corrected chi connectivity index (χ3v) is 4.18. The lowest BCUT2D eigenvalue weighted by Crippen LogP contribution is -2.27. The number of fused-ring (bicyclic) bond motifs is 3. The highest BCUT2D eigenvalue weighted by Gasteiger charge is 2.24. The van der Waals surface area contributed by atoms with Crippen molar-refractivity contribution in [3.05, 3.63) is 36.4 Å². The first-order valence-electron chi connectivity index (χ1n) is 7.68. The maximum atomic E-state index is 12.3.